The molecular weight excluding hydrogens is 256 g/mol. The molecule has 0 unspecified atom stereocenters. The standard InChI is InChI=1S/C13H15F2NO3/c1-2-19-13(17)12-10(15)7-9(14)8-11(12)16-3-5-18-6-4-16/h7-8H,2-6H2,1H3. The van der Waals surface area contributed by atoms with Crippen LogP contribution in [-0.4, -0.2) is 38.9 Å². The maximum atomic E-state index is 13.8. The van der Waals surface area contributed by atoms with Crippen LogP contribution in [0.3, 0.4) is 0 Å². The molecule has 0 amide bonds. The summed E-state index contributed by atoms with van der Waals surface area (Å²) in [6.45, 7) is 3.65. The zero-order chi connectivity index (χ0) is 13.8. The molecule has 6 heteroatoms. The lowest BCUT2D eigenvalue weighted by molar-refractivity contribution is 0.0520. The molecule has 0 aromatic heterocycles. The predicted octanol–water partition coefficient (Wildman–Crippen LogP) is 1.98. The topological polar surface area (TPSA) is 38.8 Å². The molecular formula is C13H15F2NO3. The zero-order valence-corrected chi connectivity index (χ0v) is 10.6. The van der Waals surface area contributed by atoms with E-state index in [0.29, 0.717) is 32.4 Å². The van der Waals surface area contributed by atoms with Gasteiger partial charge < -0.3 is 14.4 Å². The van der Waals surface area contributed by atoms with Crippen LogP contribution in [0.1, 0.15) is 17.3 Å². The van der Waals surface area contributed by atoms with E-state index in [0.717, 1.165) is 6.07 Å². The first-order chi connectivity index (χ1) is 9.13. The maximum absolute atomic E-state index is 13.8. The Morgan fingerprint density at radius 1 is 1.37 bits per heavy atom. The molecule has 1 aromatic carbocycles. The van der Waals surface area contributed by atoms with E-state index in [2.05, 4.69) is 0 Å². The number of halogens is 2. The largest absolute Gasteiger partial charge is 0.462 e. The number of benzene rings is 1. The molecule has 1 saturated heterocycles. The molecule has 0 bridgehead atoms. The van der Waals surface area contributed by atoms with Gasteiger partial charge in [-0.2, -0.15) is 0 Å². The van der Waals surface area contributed by atoms with Crippen molar-refractivity contribution in [3.05, 3.63) is 29.3 Å². The monoisotopic (exact) mass is 271 g/mol. The van der Waals surface area contributed by atoms with Gasteiger partial charge in [-0.1, -0.05) is 0 Å². The van der Waals surface area contributed by atoms with Gasteiger partial charge in [-0.25, -0.2) is 13.6 Å². The minimum absolute atomic E-state index is 0.137. The molecule has 104 valence electrons. The Morgan fingerprint density at radius 2 is 2.05 bits per heavy atom. The van der Waals surface area contributed by atoms with Gasteiger partial charge in [0.25, 0.3) is 0 Å². The van der Waals surface area contributed by atoms with Crippen molar-refractivity contribution in [1.29, 1.82) is 0 Å². The van der Waals surface area contributed by atoms with E-state index in [4.69, 9.17) is 9.47 Å². The normalized spacial score (nSPS) is 15.4. The van der Waals surface area contributed by atoms with E-state index in [9.17, 15) is 13.6 Å². The van der Waals surface area contributed by atoms with E-state index >= 15 is 0 Å². The number of morpholine rings is 1. The van der Waals surface area contributed by atoms with Gasteiger partial charge >= 0.3 is 5.97 Å². The van der Waals surface area contributed by atoms with Crippen molar-refractivity contribution in [2.75, 3.05) is 37.8 Å². The number of esters is 1. The van der Waals surface area contributed by atoms with Crippen LogP contribution in [0.4, 0.5) is 14.5 Å². The number of hydrogen-bond donors (Lipinski definition) is 0. The fourth-order valence-corrected chi connectivity index (χ4v) is 2.02. The second-order valence-electron chi connectivity index (χ2n) is 4.10. The van der Waals surface area contributed by atoms with Gasteiger partial charge in [-0.15, -0.1) is 0 Å². The van der Waals surface area contributed by atoms with Gasteiger partial charge in [0.1, 0.15) is 17.2 Å². The first-order valence-corrected chi connectivity index (χ1v) is 6.12. The zero-order valence-electron chi connectivity index (χ0n) is 10.6. The van der Waals surface area contributed by atoms with Crippen LogP contribution in [0.25, 0.3) is 0 Å². The minimum Gasteiger partial charge on any atom is -0.462 e. The highest BCUT2D eigenvalue weighted by Crippen LogP contribution is 2.26. The van der Waals surface area contributed by atoms with Crippen molar-refractivity contribution in [3.63, 3.8) is 0 Å². The minimum atomic E-state index is -0.903. The lowest BCUT2D eigenvalue weighted by Crippen LogP contribution is -2.37. The Bertz CT molecular complexity index is 473. The molecule has 0 aliphatic carbocycles. The summed E-state index contributed by atoms with van der Waals surface area (Å²) in [7, 11) is 0. The fourth-order valence-electron chi connectivity index (χ4n) is 2.02. The average molecular weight is 271 g/mol. The maximum Gasteiger partial charge on any atom is 0.343 e. The lowest BCUT2D eigenvalue weighted by atomic mass is 10.1. The summed E-state index contributed by atoms with van der Waals surface area (Å²) in [5.41, 5.74) is 0.00407. The van der Waals surface area contributed by atoms with Crippen molar-refractivity contribution in [1.82, 2.24) is 0 Å². The summed E-state index contributed by atoms with van der Waals surface area (Å²) in [5, 5.41) is 0. The third kappa shape index (κ3) is 3.01. The third-order valence-electron chi connectivity index (χ3n) is 2.87. The summed E-state index contributed by atoms with van der Waals surface area (Å²) >= 11 is 0. The first kappa shape index (κ1) is 13.7. The molecule has 0 N–H and O–H groups in total. The quantitative estimate of drug-likeness (QED) is 0.788. The third-order valence-corrected chi connectivity index (χ3v) is 2.87. The first-order valence-electron chi connectivity index (χ1n) is 6.12. The summed E-state index contributed by atoms with van der Waals surface area (Å²) in [6.07, 6.45) is 0. The molecule has 1 aliphatic heterocycles. The van der Waals surface area contributed by atoms with Crippen LogP contribution in [0.2, 0.25) is 0 Å². The number of rotatable bonds is 3. The molecule has 0 radical (unpaired) electrons. The molecule has 0 atom stereocenters. The van der Waals surface area contributed by atoms with E-state index < -0.39 is 17.6 Å². The summed E-state index contributed by atoms with van der Waals surface area (Å²) in [5.74, 6) is -2.39. The Morgan fingerprint density at radius 3 is 2.68 bits per heavy atom. The number of ether oxygens (including phenoxy) is 2. The summed E-state index contributed by atoms with van der Waals surface area (Å²) in [4.78, 5) is 13.5. The van der Waals surface area contributed by atoms with Gasteiger partial charge in [0.05, 0.1) is 25.5 Å². The molecule has 1 fully saturated rings. The molecule has 0 saturated carbocycles. The van der Waals surface area contributed by atoms with E-state index in [1.54, 1.807) is 11.8 Å². The SMILES string of the molecule is CCOC(=O)c1c(F)cc(F)cc1N1CCOCC1. The number of nitrogens with zero attached hydrogens (tertiary/aromatic N) is 1. The van der Waals surface area contributed by atoms with Gasteiger partial charge in [0.15, 0.2) is 0 Å². The van der Waals surface area contributed by atoms with Gasteiger partial charge in [-0.05, 0) is 13.0 Å². The highest BCUT2D eigenvalue weighted by atomic mass is 19.1. The Hall–Kier alpha value is -1.69. The lowest BCUT2D eigenvalue weighted by Gasteiger charge is -2.30. The average Bonchev–Trinajstić information content (AvgIpc) is 2.39. The van der Waals surface area contributed by atoms with E-state index in [1.807, 2.05) is 0 Å². The van der Waals surface area contributed by atoms with Crippen LogP contribution < -0.4 is 4.90 Å². The number of hydrogen-bond acceptors (Lipinski definition) is 4. The fraction of sp³-hybridized carbons (Fsp3) is 0.462. The van der Waals surface area contributed by atoms with Crippen molar-refractivity contribution in [2.24, 2.45) is 0 Å². The molecule has 2 rings (SSSR count). The van der Waals surface area contributed by atoms with E-state index in [1.165, 1.54) is 0 Å². The Labute approximate surface area is 109 Å². The highest BCUT2D eigenvalue weighted by molar-refractivity contribution is 5.96. The van der Waals surface area contributed by atoms with E-state index in [-0.39, 0.29) is 17.9 Å². The van der Waals surface area contributed by atoms with Crippen LogP contribution in [-0.2, 0) is 9.47 Å². The summed E-state index contributed by atoms with van der Waals surface area (Å²) < 4.78 is 37.2. The molecule has 1 heterocycles. The molecule has 0 spiro atoms. The van der Waals surface area contributed by atoms with Crippen LogP contribution in [0.15, 0.2) is 12.1 Å². The number of anilines is 1. The molecule has 1 aliphatic rings. The van der Waals surface area contributed by atoms with Crippen LogP contribution in [0, 0.1) is 11.6 Å². The van der Waals surface area contributed by atoms with Crippen molar-refractivity contribution >= 4 is 11.7 Å². The highest BCUT2D eigenvalue weighted by Gasteiger charge is 2.24. The van der Waals surface area contributed by atoms with Crippen LogP contribution >= 0.6 is 0 Å². The second-order valence-corrected chi connectivity index (χ2v) is 4.10. The Kier molecular flexibility index (Phi) is 4.31. The molecule has 1 aromatic rings. The molecule has 4 nitrogen and oxygen atoms in total. The molecule has 19 heavy (non-hydrogen) atoms. The smallest absolute Gasteiger partial charge is 0.343 e. The van der Waals surface area contributed by atoms with Gasteiger partial charge in [0, 0.05) is 19.2 Å². The van der Waals surface area contributed by atoms with Crippen molar-refractivity contribution < 1.29 is 23.0 Å². The van der Waals surface area contributed by atoms with Crippen LogP contribution in [0.5, 0.6) is 0 Å². The second kappa shape index (κ2) is 5.97. The van der Waals surface area contributed by atoms with Crippen molar-refractivity contribution in [2.45, 2.75) is 6.92 Å². The van der Waals surface area contributed by atoms with Gasteiger partial charge in [-0.3, -0.25) is 0 Å². The number of carbonyl (C=O) groups is 1. The van der Waals surface area contributed by atoms with Gasteiger partial charge in [0.2, 0.25) is 0 Å². The Balaban J connectivity index is 2.41. The number of carbonyl (C=O) groups excluding carboxylic acids is 1. The predicted molar refractivity (Wildman–Crippen MR) is 65.3 cm³/mol. The summed E-state index contributed by atoms with van der Waals surface area (Å²) in [6, 6.07) is 1.84. The van der Waals surface area contributed by atoms with Crippen molar-refractivity contribution in [3.8, 4) is 0 Å².